The van der Waals surface area contributed by atoms with Crippen LogP contribution in [0.15, 0.2) is 72.8 Å². The van der Waals surface area contributed by atoms with E-state index in [4.69, 9.17) is 9.47 Å². The van der Waals surface area contributed by atoms with E-state index in [1.165, 1.54) is 166 Å². The second-order valence-corrected chi connectivity index (χ2v) is 16.8. The van der Waals surface area contributed by atoms with E-state index in [0.29, 0.717) is 0 Å². The Morgan fingerprint density at radius 3 is 0.940 bits per heavy atom. The number of carboxylic acid groups (broad SMARTS) is 2. The summed E-state index contributed by atoms with van der Waals surface area (Å²) in [7, 11) is 0. The van der Waals surface area contributed by atoms with E-state index in [0.717, 1.165) is 51.4 Å². The van der Waals surface area contributed by atoms with Crippen LogP contribution in [0.4, 0.5) is 0 Å². The van der Waals surface area contributed by atoms with Gasteiger partial charge in [-0.3, -0.25) is 0 Å². The second kappa shape index (κ2) is 53.6. The van der Waals surface area contributed by atoms with Crippen LogP contribution in [-0.2, 0) is 9.47 Å². The van der Waals surface area contributed by atoms with Crippen molar-refractivity contribution >= 4 is 47.8 Å². The van der Waals surface area contributed by atoms with Crippen molar-refractivity contribution < 1.29 is 38.9 Å². The van der Waals surface area contributed by atoms with Gasteiger partial charge in [-0.25, -0.2) is 9.59 Å². The number of hydrogen-bond donors (Lipinski definition) is 0. The third-order valence-electron chi connectivity index (χ3n) is 10.7. The van der Waals surface area contributed by atoms with Crippen molar-refractivity contribution in [3.8, 4) is 0 Å². The Hall–Kier alpha value is -3.40. The maximum absolute atomic E-state index is 11.9. The summed E-state index contributed by atoms with van der Waals surface area (Å²) in [4.78, 5) is 45.8. The summed E-state index contributed by atoms with van der Waals surface area (Å²) in [5, 5.41) is 21.9. The van der Waals surface area contributed by atoms with Gasteiger partial charge in [0.2, 0.25) is 0 Å². The standard InChI is InChI=1S/2C21H30O4.2C8H17.Sn/c2*1-2-3-4-5-6-7-8-9-10-11-14-17-25-21(24)19-16-13-12-15-18(19)20(22)23;2*1-3-5-7-8-6-4-2;/h2*9-10,12-13,15-16H,2-8,11,14,17H2,1H3,(H,22,23);2*1,3-8H2,2H3;/q;;;;+2/p-2/b2*10-9+;;;. The SMILES string of the molecule is CCCCCCCC/C=C/CCCOC(=O)c1ccccc1C(=O)[O-].CCCCCCCC/C=C/CCCOC(=O)c1ccccc1C(=O)[O-].[CH2]CCCCCCC.[CH2]CCCCCCC.[Sn+2]. The Balaban J connectivity index is -0.000000914. The number of allylic oxidation sites excluding steroid dienone is 4. The molecule has 0 heterocycles. The number of carboxylic acids is 2. The molecule has 0 aliphatic carbocycles. The van der Waals surface area contributed by atoms with Gasteiger partial charge in [0.15, 0.2) is 0 Å². The molecular weight excluding hydrogens is 943 g/mol. The summed E-state index contributed by atoms with van der Waals surface area (Å²) in [6.07, 6.45) is 45.5. The first kappa shape index (κ1) is 67.9. The minimum Gasteiger partial charge on any atom is -0.545 e. The van der Waals surface area contributed by atoms with Gasteiger partial charge in [0.1, 0.15) is 0 Å². The maximum Gasteiger partial charge on any atom is 2.00 e. The summed E-state index contributed by atoms with van der Waals surface area (Å²) in [6.45, 7) is 17.1. The zero-order valence-corrected chi connectivity index (χ0v) is 45.6. The molecule has 0 spiro atoms. The molecule has 0 fully saturated rings. The van der Waals surface area contributed by atoms with Crippen LogP contribution in [-0.4, -0.2) is 61.0 Å². The van der Waals surface area contributed by atoms with Crippen molar-refractivity contribution in [1.29, 1.82) is 0 Å². The fourth-order valence-corrected chi connectivity index (χ4v) is 6.68. The van der Waals surface area contributed by atoms with Crippen LogP contribution < -0.4 is 10.2 Å². The number of carbonyl (C=O) groups is 4. The molecule has 376 valence electrons. The van der Waals surface area contributed by atoms with E-state index in [1.54, 1.807) is 24.3 Å². The van der Waals surface area contributed by atoms with E-state index in [1.807, 2.05) is 0 Å². The minimum atomic E-state index is -1.37. The molecule has 0 atom stereocenters. The first-order chi connectivity index (χ1) is 32.2. The van der Waals surface area contributed by atoms with E-state index in [9.17, 15) is 29.4 Å². The molecule has 2 aromatic rings. The summed E-state index contributed by atoms with van der Waals surface area (Å²) in [5.74, 6) is -3.97. The van der Waals surface area contributed by atoms with Crippen molar-refractivity contribution in [3.63, 3.8) is 0 Å². The quantitative estimate of drug-likeness (QED) is 0.0285. The van der Waals surface area contributed by atoms with Gasteiger partial charge in [0.25, 0.3) is 0 Å². The number of aromatic carboxylic acids is 2. The van der Waals surface area contributed by atoms with Gasteiger partial charge < -0.3 is 29.3 Å². The first-order valence-corrected chi connectivity index (χ1v) is 26.0. The average molecular weight is 1040 g/mol. The van der Waals surface area contributed by atoms with Crippen molar-refractivity contribution in [1.82, 2.24) is 0 Å². The number of hydrogen-bond acceptors (Lipinski definition) is 8. The van der Waals surface area contributed by atoms with Crippen LogP contribution in [0.1, 0.15) is 262 Å². The summed E-state index contributed by atoms with van der Waals surface area (Å²) < 4.78 is 10.3. The molecule has 0 bridgehead atoms. The fourth-order valence-electron chi connectivity index (χ4n) is 6.68. The van der Waals surface area contributed by atoms with Gasteiger partial charge in [0.05, 0.1) is 36.3 Å². The normalized spacial score (nSPS) is 10.5. The van der Waals surface area contributed by atoms with Crippen molar-refractivity contribution in [2.75, 3.05) is 13.2 Å². The third-order valence-corrected chi connectivity index (χ3v) is 10.7. The molecule has 9 heteroatoms. The largest absolute Gasteiger partial charge is 2.00 e. The topological polar surface area (TPSA) is 133 Å². The summed E-state index contributed by atoms with van der Waals surface area (Å²) in [5.41, 5.74) is -0.181. The number of ether oxygens (including phenoxy) is 2. The summed E-state index contributed by atoms with van der Waals surface area (Å²) in [6, 6.07) is 11.9. The predicted molar refractivity (Wildman–Crippen MR) is 278 cm³/mol. The number of rotatable bonds is 36. The number of carbonyl (C=O) groups excluding carboxylic acids is 4. The van der Waals surface area contributed by atoms with E-state index >= 15 is 0 Å². The van der Waals surface area contributed by atoms with Crippen LogP contribution in [0.25, 0.3) is 0 Å². The molecular formula is C58H92O8Sn. The first-order valence-electron chi connectivity index (χ1n) is 26.0. The molecule has 0 saturated heterocycles. The molecule has 8 nitrogen and oxygen atoms in total. The van der Waals surface area contributed by atoms with Crippen molar-refractivity contribution in [2.45, 2.75) is 220 Å². The molecule has 4 radical (unpaired) electrons. The number of unbranched alkanes of at least 4 members (excludes halogenated alkanes) is 24. The third kappa shape index (κ3) is 43.6. The Morgan fingerprint density at radius 1 is 0.403 bits per heavy atom. The molecule has 67 heavy (non-hydrogen) atoms. The molecule has 0 aromatic heterocycles. The fraction of sp³-hybridized carbons (Fsp3) is 0.621. The number of esters is 2. The van der Waals surface area contributed by atoms with Gasteiger partial charge in [0, 0.05) is 11.1 Å². The molecule has 0 saturated carbocycles. The van der Waals surface area contributed by atoms with E-state index in [2.05, 4.69) is 65.8 Å². The van der Waals surface area contributed by atoms with Gasteiger partial charge in [-0.1, -0.05) is 244 Å². The van der Waals surface area contributed by atoms with Crippen LogP contribution in [0.5, 0.6) is 0 Å². The monoisotopic (exact) mass is 1040 g/mol. The molecule has 0 aliphatic rings. The zero-order chi connectivity index (χ0) is 49.1. The van der Waals surface area contributed by atoms with Gasteiger partial charge in [-0.05, 0) is 63.5 Å². The molecule has 0 N–H and O–H groups in total. The van der Waals surface area contributed by atoms with Crippen LogP contribution >= 0.6 is 0 Å². The van der Waals surface area contributed by atoms with Crippen molar-refractivity contribution in [3.05, 3.63) is 109 Å². The van der Waals surface area contributed by atoms with Gasteiger partial charge >= 0.3 is 35.8 Å². The molecule has 2 rings (SSSR count). The molecule has 0 unspecified atom stereocenters. The minimum absolute atomic E-state index is 0. The molecule has 2 aromatic carbocycles. The average Bonchev–Trinajstić information content (AvgIpc) is 3.33. The van der Waals surface area contributed by atoms with Crippen LogP contribution in [0.2, 0.25) is 0 Å². The Kier molecular flexibility index (Phi) is 54.2. The number of benzene rings is 2. The van der Waals surface area contributed by atoms with Crippen molar-refractivity contribution in [2.24, 2.45) is 0 Å². The second-order valence-electron chi connectivity index (χ2n) is 16.8. The Morgan fingerprint density at radius 2 is 0.657 bits per heavy atom. The van der Waals surface area contributed by atoms with Crippen LogP contribution in [0.3, 0.4) is 0 Å². The van der Waals surface area contributed by atoms with E-state index < -0.39 is 23.9 Å². The van der Waals surface area contributed by atoms with Crippen LogP contribution in [0, 0.1) is 13.8 Å². The zero-order valence-electron chi connectivity index (χ0n) is 42.7. The Labute approximate surface area is 426 Å². The maximum atomic E-state index is 11.9. The molecule has 0 aliphatic heterocycles. The predicted octanol–water partition coefficient (Wildman–Crippen LogP) is 14.6. The van der Waals surface area contributed by atoms with E-state index in [-0.39, 0.29) is 59.4 Å². The summed E-state index contributed by atoms with van der Waals surface area (Å²) >= 11 is 0. The van der Waals surface area contributed by atoms with Gasteiger partial charge in [-0.2, -0.15) is 0 Å². The molecule has 0 amide bonds. The smallest absolute Gasteiger partial charge is 0.545 e. The Bertz CT molecular complexity index is 1380. The van der Waals surface area contributed by atoms with Gasteiger partial charge in [-0.15, -0.1) is 0 Å².